The van der Waals surface area contributed by atoms with Crippen LogP contribution in [0.1, 0.15) is 70.9 Å². The molecule has 1 N–H and O–H groups in total. The van der Waals surface area contributed by atoms with Crippen molar-refractivity contribution in [2.45, 2.75) is 71.4 Å². The number of benzene rings is 1. The third-order valence-electron chi connectivity index (χ3n) is 3.65. The van der Waals surface area contributed by atoms with Gasteiger partial charge in [-0.25, -0.2) is 0 Å². The summed E-state index contributed by atoms with van der Waals surface area (Å²) in [6, 6.07) is 8.97. The summed E-state index contributed by atoms with van der Waals surface area (Å²) in [5, 5.41) is 4.50. The molecule has 0 radical (unpaired) electrons. The minimum Gasteiger partial charge on any atom is -0.308 e. The lowest BCUT2D eigenvalue weighted by molar-refractivity contribution is 0.436. The number of unbranched alkanes of at least 4 members (excludes halogenated alkanes) is 4. The zero-order chi connectivity index (χ0) is 14.1. The highest BCUT2D eigenvalue weighted by molar-refractivity contribution is 6.31. The summed E-state index contributed by atoms with van der Waals surface area (Å²) in [4.78, 5) is 0. The van der Waals surface area contributed by atoms with Crippen LogP contribution in [0.3, 0.4) is 0 Å². The second-order valence-corrected chi connectivity index (χ2v) is 5.92. The smallest absolute Gasteiger partial charge is 0.0453 e. The van der Waals surface area contributed by atoms with E-state index in [0.29, 0.717) is 12.1 Å². The maximum absolute atomic E-state index is 6.22. The third-order valence-corrected chi connectivity index (χ3v) is 3.99. The fourth-order valence-corrected chi connectivity index (χ4v) is 2.78. The van der Waals surface area contributed by atoms with Crippen molar-refractivity contribution in [1.29, 1.82) is 0 Å². The van der Waals surface area contributed by atoms with Crippen LogP contribution in [0.25, 0.3) is 0 Å². The summed E-state index contributed by atoms with van der Waals surface area (Å²) in [5.41, 5.74) is 1.20. The third kappa shape index (κ3) is 6.44. The lowest BCUT2D eigenvalue weighted by atomic mass is 10.0. The van der Waals surface area contributed by atoms with Crippen molar-refractivity contribution < 1.29 is 0 Å². The van der Waals surface area contributed by atoms with E-state index in [4.69, 9.17) is 11.6 Å². The van der Waals surface area contributed by atoms with Crippen molar-refractivity contribution >= 4 is 11.6 Å². The molecule has 0 aliphatic rings. The van der Waals surface area contributed by atoms with Crippen molar-refractivity contribution in [3.05, 3.63) is 34.9 Å². The Hall–Kier alpha value is -0.530. The maximum atomic E-state index is 6.22. The number of nitrogens with one attached hydrogen (secondary N) is 1. The molecule has 2 heteroatoms. The first-order valence-electron chi connectivity index (χ1n) is 7.65. The Morgan fingerprint density at radius 1 is 1.05 bits per heavy atom. The Balaban J connectivity index is 2.28. The van der Waals surface area contributed by atoms with Crippen molar-refractivity contribution in [1.82, 2.24) is 5.32 Å². The van der Waals surface area contributed by atoms with Gasteiger partial charge >= 0.3 is 0 Å². The lowest BCUT2D eigenvalue weighted by Gasteiger charge is -2.21. The van der Waals surface area contributed by atoms with Crippen LogP contribution < -0.4 is 5.32 Å². The zero-order valence-electron chi connectivity index (χ0n) is 12.6. The summed E-state index contributed by atoms with van der Waals surface area (Å²) >= 11 is 6.22. The van der Waals surface area contributed by atoms with E-state index in [2.05, 4.69) is 38.2 Å². The number of hydrogen-bond acceptors (Lipinski definition) is 1. The van der Waals surface area contributed by atoms with Crippen molar-refractivity contribution in [2.24, 2.45) is 0 Å². The van der Waals surface area contributed by atoms with Crippen LogP contribution in [0, 0.1) is 0 Å². The van der Waals surface area contributed by atoms with Gasteiger partial charge in [0.15, 0.2) is 0 Å². The summed E-state index contributed by atoms with van der Waals surface area (Å²) < 4.78 is 0. The van der Waals surface area contributed by atoms with Gasteiger partial charge in [0.1, 0.15) is 0 Å². The average Bonchev–Trinajstić information content (AvgIpc) is 2.39. The summed E-state index contributed by atoms with van der Waals surface area (Å²) in [7, 11) is 0. The standard InChI is InChI=1S/C17H28ClN/c1-4-5-6-7-8-11-14(2)19-15(3)16-12-9-10-13-17(16)18/h9-10,12-15,19H,4-8,11H2,1-3H3. The van der Waals surface area contributed by atoms with Gasteiger partial charge in [0.05, 0.1) is 0 Å². The van der Waals surface area contributed by atoms with Gasteiger partial charge in [0, 0.05) is 17.1 Å². The molecule has 1 aromatic carbocycles. The largest absolute Gasteiger partial charge is 0.308 e. The van der Waals surface area contributed by atoms with E-state index < -0.39 is 0 Å². The fourth-order valence-electron chi connectivity index (χ4n) is 2.48. The van der Waals surface area contributed by atoms with Crippen LogP contribution in [0.15, 0.2) is 24.3 Å². The SMILES string of the molecule is CCCCCCCC(C)NC(C)c1ccccc1Cl. The topological polar surface area (TPSA) is 12.0 Å². The first-order chi connectivity index (χ1) is 9.15. The second-order valence-electron chi connectivity index (χ2n) is 5.51. The number of rotatable bonds is 9. The van der Waals surface area contributed by atoms with Crippen LogP contribution in [0.2, 0.25) is 5.02 Å². The van der Waals surface area contributed by atoms with Crippen LogP contribution >= 0.6 is 11.6 Å². The minimum atomic E-state index is 0.319. The first kappa shape index (κ1) is 16.5. The Labute approximate surface area is 123 Å². The van der Waals surface area contributed by atoms with Crippen LogP contribution in [-0.2, 0) is 0 Å². The zero-order valence-corrected chi connectivity index (χ0v) is 13.3. The van der Waals surface area contributed by atoms with Crippen LogP contribution in [0.5, 0.6) is 0 Å². The molecule has 1 rings (SSSR count). The van der Waals surface area contributed by atoms with Crippen LogP contribution in [-0.4, -0.2) is 6.04 Å². The van der Waals surface area contributed by atoms with E-state index in [1.807, 2.05) is 12.1 Å². The average molecular weight is 282 g/mol. The summed E-state index contributed by atoms with van der Waals surface area (Å²) in [6.45, 7) is 6.72. The first-order valence-corrected chi connectivity index (χ1v) is 8.03. The Morgan fingerprint density at radius 3 is 2.42 bits per heavy atom. The molecule has 0 saturated carbocycles. The molecule has 0 saturated heterocycles. The summed E-state index contributed by atoms with van der Waals surface area (Å²) in [6.07, 6.45) is 8.00. The monoisotopic (exact) mass is 281 g/mol. The van der Waals surface area contributed by atoms with E-state index >= 15 is 0 Å². The van der Waals surface area contributed by atoms with E-state index in [0.717, 1.165) is 5.02 Å². The van der Waals surface area contributed by atoms with Gasteiger partial charge in [-0.05, 0) is 31.9 Å². The fraction of sp³-hybridized carbons (Fsp3) is 0.647. The molecule has 108 valence electrons. The molecular weight excluding hydrogens is 254 g/mol. The molecule has 0 heterocycles. The van der Waals surface area contributed by atoms with Gasteiger partial charge in [-0.3, -0.25) is 0 Å². The molecule has 0 fully saturated rings. The highest BCUT2D eigenvalue weighted by atomic mass is 35.5. The Morgan fingerprint density at radius 2 is 1.74 bits per heavy atom. The van der Waals surface area contributed by atoms with Gasteiger partial charge in [-0.2, -0.15) is 0 Å². The van der Waals surface area contributed by atoms with Crippen molar-refractivity contribution in [2.75, 3.05) is 0 Å². The Bertz CT molecular complexity index is 351. The van der Waals surface area contributed by atoms with Crippen molar-refractivity contribution in [3.8, 4) is 0 Å². The normalized spacial score (nSPS) is 14.3. The molecule has 0 aliphatic heterocycles. The van der Waals surface area contributed by atoms with E-state index in [-0.39, 0.29) is 0 Å². The molecule has 0 spiro atoms. The molecule has 0 aliphatic carbocycles. The quantitative estimate of drug-likeness (QED) is 0.569. The van der Waals surface area contributed by atoms with E-state index in [1.54, 1.807) is 0 Å². The molecule has 19 heavy (non-hydrogen) atoms. The molecule has 1 aromatic rings. The molecule has 0 amide bonds. The van der Waals surface area contributed by atoms with E-state index in [1.165, 1.54) is 44.1 Å². The van der Waals surface area contributed by atoms with Crippen molar-refractivity contribution in [3.63, 3.8) is 0 Å². The summed E-state index contributed by atoms with van der Waals surface area (Å²) in [5.74, 6) is 0. The predicted molar refractivity (Wildman–Crippen MR) is 85.8 cm³/mol. The minimum absolute atomic E-state index is 0.319. The van der Waals surface area contributed by atoms with E-state index in [9.17, 15) is 0 Å². The van der Waals surface area contributed by atoms with Gasteiger partial charge in [0.25, 0.3) is 0 Å². The van der Waals surface area contributed by atoms with Gasteiger partial charge in [0.2, 0.25) is 0 Å². The maximum Gasteiger partial charge on any atom is 0.0453 e. The number of halogens is 1. The van der Waals surface area contributed by atoms with Gasteiger partial charge in [-0.15, -0.1) is 0 Å². The molecule has 0 aromatic heterocycles. The van der Waals surface area contributed by atoms with Crippen LogP contribution in [0.4, 0.5) is 0 Å². The lowest BCUT2D eigenvalue weighted by Crippen LogP contribution is -2.29. The molecule has 0 bridgehead atoms. The highest BCUT2D eigenvalue weighted by Crippen LogP contribution is 2.23. The number of hydrogen-bond donors (Lipinski definition) is 1. The van der Waals surface area contributed by atoms with Gasteiger partial charge in [-0.1, -0.05) is 68.8 Å². The highest BCUT2D eigenvalue weighted by Gasteiger charge is 2.11. The molecule has 2 unspecified atom stereocenters. The second kappa shape index (κ2) is 9.39. The molecule has 1 nitrogen and oxygen atoms in total. The van der Waals surface area contributed by atoms with Gasteiger partial charge < -0.3 is 5.32 Å². The molecular formula is C17H28ClN. The molecule has 2 atom stereocenters. The predicted octanol–water partition coefficient (Wildman–Crippen LogP) is 5.74. The Kier molecular flexibility index (Phi) is 8.16.